The van der Waals surface area contributed by atoms with Gasteiger partial charge in [-0.05, 0) is 30.9 Å². The van der Waals surface area contributed by atoms with Gasteiger partial charge in [-0.15, -0.1) is 0 Å². The van der Waals surface area contributed by atoms with Gasteiger partial charge in [0.25, 0.3) is 0 Å². The Bertz CT molecular complexity index is 596. The van der Waals surface area contributed by atoms with Crippen molar-refractivity contribution >= 4 is 17.8 Å². The third kappa shape index (κ3) is 2.30. The van der Waals surface area contributed by atoms with Gasteiger partial charge in [0.1, 0.15) is 7.14 Å². The zero-order valence-corrected chi connectivity index (χ0v) is 10.4. The smallest absolute Gasteiger partial charge is 0.140 e. The van der Waals surface area contributed by atoms with Gasteiger partial charge in [0.15, 0.2) is 0 Å². The second kappa shape index (κ2) is 4.57. The van der Waals surface area contributed by atoms with Crippen LogP contribution in [-0.4, -0.2) is 6.66 Å². The summed E-state index contributed by atoms with van der Waals surface area (Å²) in [6.07, 6.45) is 0. The first-order valence-corrected chi connectivity index (χ1v) is 7.44. The molecule has 0 saturated heterocycles. The Morgan fingerprint density at radius 3 is 2.00 bits per heavy atom. The Kier molecular flexibility index (Phi) is 3.13. The average molecular weight is 241 g/mol. The van der Waals surface area contributed by atoms with Crippen LogP contribution in [0.4, 0.5) is 0 Å². The highest BCUT2D eigenvalue weighted by molar-refractivity contribution is 7.78. The quantitative estimate of drug-likeness (QED) is 0.758. The largest absolute Gasteiger partial charge is 0.314 e. The Morgan fingerprint density at radius 2 is 1.47 bits per heavy atom. The predicted molar refractivity (Wildman–Crippen MR) is 70.4 cm³/mol. The monoisotopic (exact) mass is 241 g/mol. The van der Waals surface area contributed by atoms with Crippen molar-refractivity contribution in [1.29, 1.82) is 5.26 Å². The molecule has 0 aliphatic carbocycles. The van der Waals surface area contributed by atoms with Crippen molar-refractivity contribution in [2.24, 2.45) is 0 Å². The zero-order chi connectivity index (χ0) is 12.3. The highest BCUT2D eigenvalue weighted by Crippen LogP contribution is 2.38. The van der Waals surface area contributed by atoms with E-state index in [1.807, 2.05) is 30.3 Å². The van der Waals surface area contributed by atoms with E-state index < -0.39 is 7.14 Å². The molecule has 0 amide bonds. The molecule has 2 aromatic rings. The van der Waals surface area contributed by atoms with Gasteiger partial charge in [-0.2, -0.15) is 5.26 Å². The lowest BCUT2D eigenvalue weighted by Gasteiger charge is -2.13. The normalized spacial score (nSPS) is 13.6. The number of hydrogen-bond acceptors (Lipinski definition) is 2. The van der Waals surface area contributed by atoms with E-state index in [9.17, 15) is 4.57 Å². The molecular weight excluding hydrogens is 229 g/mol. The summed E-state index contributed by atoms with van der Waals surface area (Å²) < 4.78 is 12.7. The molecule has 0 radical (unpaired) electrons. The molecule has 1 atom stereocenters. The standard InChI is InChI=1S/C14H12NOP/c1-17(16,13-5-3-2-4-6-13)14-9-7-12(11-15)8-10-14/h2-10H,1H3. The van der Waals surface area contributed by atoms with E-state index >= 15 is 0 Å². The van der Waals surface area contributed by atoms with Crippen LogP contribution >= 0.6 is 7.14 Å². The Hall–Kier alpha value is -1.84. The highest BCUT2D eigenvalue weighted by Gasteiger charge is 2.20. The van der Waals surface area contributed by atoms with Crippen LogP contribution in [0.2, 0.25) is 0 Å². The van der Waals surface area contributed by atoms with Gasteiger partial charge in [-0.1, -0.05) is 30.3 Å². The van der Waals surface area contributed by atoms with Crippen LogP contribution in [0.3, 0.4) is 0 Å². The van der Waals surface area contributed by atoms with E-state index in [4.69, 9.17) is 5.26 Å². The summed E-state index contributed by atoms with van der Waals surface area (Å²) in [5.41, 5.74) is 0.585. The van der Waals surface area contributed by atoms with E-state index in [2.05, 4.69) is 6.07 Å². The van der Waals surface area contributed by atoms with Crippen LogP contribution < -0.4 is 10.6 Å². The van der Waals surface area contributed by atoms with E-state index in [0.29, 0.717) is 5.56 Å². The van der Waals surface area contributed by atoms with E-state index in [1.54, 1.807) is 30.9 Å². The first-order valence-electron chi connectivity index (χ1n) is 5.28. The van der Waals surface area contributed by atoms with Crippen molar-refractivity contribution < 1.29 is 4.57 Å². The molecule has 0 aliphatic rings. The topological polar surface area (TPSA) is 40.9 Å². The molecule has 1 unspecified atom stereocenters. The minimum atomic E-state index is -2.54. The van der Waals surface area contributed by atoms with Gasteiger partial charge in [0, 0.05) is 10.6 Å². The van der Waals surface area contributed by atoms with Gasteiger partial charge < -0.3 is 4.57 Å². The molecule has 0 saturated carbocycles. The molecule has 0 fully saturated rings. The minimum Gasteiger partial charge on any atom is -0.314 e. The minimum absolute atomic E-state index is 0.585. The van der Waals surface area contributed by atoms with Crippen LogP contribution in [-0.2, 0) is 4.57 Å². The highest BCUT2D eigenvalue weighted by atomic mass is 31.2. The summed E-state index contributed by atoms with van der Waals surface area (Å²) in [7, 11) is -2.54. The van der Waals surface area contributed by atoms with Crippen molar-refractivity contribution in [3.63, 3.8) is 0 Å². The molecule has 0 spiro atoms. The molecule has 17 heavy (non-hydrogen) atoms. The number of rotatable bonds is 2. The molecule has 2 aromatic carbocycles. The fourth-order valence-electron chi connectivity index (χ4n) is 1.68. The zero-order valence-electron chi connectivity index (χ0n) is 9.50. The van der Waals surface area contributed by atoms with E-state index in [-0.39, 0.29) is 0 Å². The van der Waals surface area contributed by atoms with E-state index in [0.717, 1.165) is 10.6 Å². The summed E-state index contributed by atoms with van der Waals surface area (Å²) in [5, 5.41) is 10.3. The molecule has 0 heterocycles. The van der Waals surface area contributed by atoms with Crippen LogP contribution in [0.1, 0.15) is 5.56 Å². The molecule has 0 aliphatic heterocycles. The number of benzene rings is 2. The SMILES string of the molecule is CP(=O)(c1ccccc1)c1ccc(C#N)cc1. The summed E-state index contributed by atoms with van der Waals surface area (Å²) >= 11 is 0. The summed E-state index contributed by atoms with van der Waals surface area (Å²) in [6.45, 7) is 1.75. The Morgan fingerprint density at radius 1 is 0.941 bits per heavy atom. The summed E-state index contributed by atoms with van der Waals surface area (Å²) in [6, 6.07) is 18.4. The lowest BCUT2D eigenvalue weighted by molar-refractivity contribution is 0.590. The second-order valence-corrected chi connectivity index (χ2v) is 6.80. The van der Waals surface area contributed by atoms with Crippen molar-refractivity contribution in [2.45, 2.75) is 0 Å². The first kappa shape index (κ1) is 11.6. The van der Waals surface area contributed by atoms with Crippen molar-refractivity contribution in [2.75, 3.05) is 6.66 Å². The van der Waals surface area contributed by atoms with Gasteiger partial charge in [-0.25, -0.2) is 0 Å². The summed E-state index contributed by atoms with van der Waals surface area (Å²) in [5.74, 6) is 0. The van der Waals surface area contributed by atoms with Crippen molar-refractivity contribution in [1.82, 2.24) is 0 Å². The average Bonchev–Trinajstić information content (AvgIpc) is 2.40. The number of nitrogens with zero attached hydrogens (tertiary/aromatic N) is 1. The number of nitriles is 1. The summed E-state index contributed by atoms with van der Waals surface area (Å²) in [4.78, 5) is 0. The van der Waals surface area contributed by atoms with Crippen LogP contribution in [0.15, 0.2) is 54.6 Å². The third-order valence-corrected chi connectivity index (χ3v) is 5.31. The molecule has 84 valence electrons. The van der Waals surface area contributed by atoms with Crippen LogP contribution in [0.5, 0.6) is 0 Å². The second-order valence-electron chi connectivity index (χ2n) is 3.92. The molecule has 0 aromatic heterocycles. The molecule has 2 nitrogen and oxygen atoms in total. The molecule has 0 bridgehead atoms. The maximum absolute atomic E-state index is 12.7. The molecule has 3 heteroatoms. The lowest BCUT2D eigenvalue weighted by atomic mass is 10.2. The van der Waals surface area contributed by atoms with Gasteiger partial charge >= 0.3 is 0 Å². The van der Waals surface area contributed by atoms with Crippen LogP contribution in [0.25, 0.3) is 0 Å². The van der Waals surface area contributed by atoms with Crippen LogP contribution in [0, 0.1) is 11.3 Å². The predicted octanol–water partition coefficient (Wildman–Crippen LogP) is 2.50. The van der Waals surface area contributed by atoms with Gasteiger partial charge in [0.05, 0.1) is 11.6 Å². The third-order valence-electron chi connectivity index (χ3n) is 2.74. The first-order chi connectivity index (χ1) is 8.14. The van der Waals surface area contributed by atoms with Gasteiger partial charge in [-0.3, -0.25) is 0 Å². The molecular formula is C14H12NOP. The van der Waals surface area contributed by atoms with Crippen molar-refractivity contribution in [3.05, 3.63) is 60.2 Å². The van der Waals surface area contributed by atoms with Crippen molar-refractivity contribution in [3.8, 4) is 6.07 Å². The Balaban J connectivity index is 2.46. The number of hydrogen-bond donors (Lipinski definition) is 0. The maximum atomic E-state index is 12.7. The molecule has 2 rings (SSSR count). The van der Waals surface area contributed by atoms with Gasteiger partial charge in [0.2, 0.25) is 0 Å². The fraction of sp³-hybridized carbons (Fsp3) is 0.0714. The van der Waals surface area contributed by atoms with E-state index in [1.165, 1.54) is 0 Å². The fourth-order valence-corrected chi connectivity index (χ4v) is 3.44. The Labute approximate surface area is 101 Å². The maximum Gasteiger partial charge on any atom is 0.140 e. The molecule has 0 N–H and O–H groups in total. The lowest BCUT2D eigenvalue weighted by Crippen LogP contribution is -2.14.